The lowest BCUT2D eigenvalue weighted by Gasteiger charge is -2.20. The van der Waals surface area contributed by atoms with Crippen molar-refractivity contribution in [3.8, 4) is 0 Å². The van der Waals surface area contributed by atoms with Crippen molar-refractivity contribution in [3.63, 3.8) is 0 Å². The van der Waals surface area contributed by atoms with E-state index in [1.807, 2.05) is 25.1 Å². The van der Waals surface area contributed by atoms with Crippen LogP contribution in [0.2, 0.25) is 0 Å². The molecule has 0 atom stereocenters. The fourth-order valence-electron chi connectivity index (χ4n) is 3.95. The summed E-state index contributed by atoms with van der Waals surface area (Å²) in [6, 6.07) is 7.54. The Kier molecular flexibility index (Phi) is 4.56. The number of rotatable bonds is 3. The topological polar surface area (TPSA) is 84.1 Å². The van der Waals surface area contributed by atoms with Crippen LogP contribution in [-0.4, -0.2) is 29.0 Å². The molecule has 0 bridgehead atoms. The van der Waals surface area contributed by atoms with Crippen molar-refractivity contribution in [1.29, 1.82) is 0 Å². The fraction of sp³-hybridized carbons (Fsp3) is 0.381. The molecule has 2 heterocycles. The number of fused-ring (bicyclic) bond motifs is 3. The summed E-state index contributed by atoms with van der Waals surface area (Å²) in [5.41, 5.74) is 3.60. The molecule has 3 aromatic rings. The van der Waals surface area contributed by atoms with Gasteiger partial charge in [0.15, 0.2) is 0 Å². The Balaban J connectivity index is 1.72. The summed E-state index contributed by atoms with van der Waals surface area (Å²) >= 11 is 0. The molecule has 1 saturated carbocycles. The van der Waals surface area contributed by atoms with Crippen LogP contribution in [0.4, 0.5) is 5.69 Å². The highest BCUT2D eigenvalue weighted by Gasteiger charge is 2.21. The number of ether oxygens (including phenoxy) is 1. The van der Waals surface area contributed by atoms with Crippen LogP contribution in [0.1, 0.15) is 48.3 Å². The van der Waals surface area contributed by atoms with Gasteiger partial charge in [-0.2, -0.15) is 0 Å². The third-order valence-corrected chi connectivity index (χ3v) is 5.41. The number of hydrogen-bond donors (Lipinski definition) is 2. The number of anilines is 1. The van der Waals surface area contributed by atoms with Crippen molar-refractivity contribution in [3.05, 3.63) is 35.7 Å². The predicted octanol–water partition coefficient (Wildman–Crippen LogP) is 4.33. The van der Waals surface area contributed by atoms with Crippen molar-refractivity contribution in [1.82, 2.24) is 9.97 Å². The summed E-state index contributed by atoms with van der Waals surface area (Å²) in [4.78, 5) is 32.1. The average Bonchev–Trinajstić information content (AvgIpc) is 3.06. The van der Waals surface area contributed by atoms with Gasteiger partial charge in [-0.1, -0.05) is 19.3 Å². The van der Waals surface area contributed by atoms with Gasteiger partial charge in [-0.05, 0) is 44.0 Å². The zero-order valence-electron chi connectivity index (χ0n) is 15.6. The number of amides is 1. The zero-order chi connectivity index (χ0) is 19.0. The number of aromatic amines is 1. The normalized spacial score (nSPS) is 15.2. The molecule has 0 aliphatic heterocycles. The smallest absolute Gasteiger partial charge is 0.356 e. The van der Waals surface area contributed by atoms with Gasteiger partial charge in [0.1, 0.15) is 5.69 Å². The SMILES string of the molecule is COC(=O)c1cc2c([nH]c3ccc(NC(=O)C4CCCCC4)cc32)c(C)n1. The van der Waals surface area contributed by atoms with E-state index in [4.69, 9.17) is 4.74 Å². The molecule has 140 valence electrons. The number of methoxy groups -OCH3 is 1. The second-order valence-electron chi connectivity index (χ2n) is 7.22. The first-order valence-corrected chi connectivity index (χ1v) is 9.39. The van der Waals surface area contributed by atoms with E-state index in [0.717, 1.165) is 58.9 Å². The number of benzene rings is 1. The van der Waals surface area contributed by atoms with Gasteiger partial charge < -0.3 is 15.0 Å². The van der Waals surface area contributed by atoms with Crippen LogP contribution in [-0.2, 0) is 9.53 Å². The predicted molar refractivity (Wildman–Crippen MR) is 105 cm³/mol. The number of esters is 1. The van der Waals surface area contributed by atoms with Crippen LogP contribution in [0.3, 0.4) is 0 Å². The third kappa shape index (κ3) is 3.27. The van der Waals surface area contributed by atoms with Crippen molar-refractivity contribution >= 4 is 39.4 Å². The van der Waals surface area contributed by atoms with E-state index < -0.39 is 5.97 Å². The number of nitrogens with one attached hydrogen (secondary N) is 2. The fourth-order valence-corrected chi connectivity index (χ4v) is 3.95. The summed E-state index contributed by atoms with van der Waals surface area (Å²) in [7, 11) is 1.34. The molecule has 1 aromatic carbocycles. The molecule has 1 aliphatic carbocycles. The van der Waals surface area contributed by atoms with E-state index in [1.54, 1.807) is 6.07 Å². The first-order valence-electron chi connectivity index (χ1n) is 9.39. The number of aryl methyl sites for hydroxylation is 1. The Labute approximate surface area is 157 Å². The van der Waals surface area contributed by atoms with Crippen LogP contribution in [0.5, 0.6) is 0 Å². The number of pyridine rings is 1. The summed E-state index contributed by atoms with van der Waals surface area (Å²) in [6.45, 7) is 1.86. The maximum absolute atomic E-state index is 12.6. The minimum atomic E-state index is -0.462. The molecule has 2 N–H and O–H groups in total. The van der Waals surface area contributed by atoms with Crippen molar-refractivity contribution in [2.45, 2.75) is 39.0 Å². The van der Waals surface area contributed by atoms with Crippen molar-refractivity contribution in [2.75, 3.05) is 12.4 Å². The van der Waals surface area contributed by atoms with E-state index in [9.17, 15) is 9.59 Å². The van der Waals surface area contributed by atoms with Gasteiger partial charge in [0.25, 0.3) is 0 Å². The lowest BCUT2D eigenvalue weighted by molar-refractivity contribution is -0.120. The Hall–Kier alpha value is -2.89. The van der Waals surface area contributed by atoms with Gasteiger partial charge in [-0.25, -0.2) is 9.78 Å². The van der Waals surface area contributed by atoms with Crippen LogP contribution in [0.25, 0.3) is 21.8 Å². The Morgan fingerprint density at radius 2 is 1.93 bits per heavy atom. The molecule has 0 saturated heterocycles. The molecule has 0 spiro atoms. The van der Waals surface area contributed by atoms with E-state index >= 15 is 0 Å². The van der Waals surface area contributed by atoms with Crippen LogP contribution >= 0.6 is 0 Å². The monoisotopic (exact) mass is 365 g/mol. The largest absolute Gasteiger partial charge is 0.464 e. The number of aromatic nitrogens is 2. The standard InChI is InChI=1S/C21H23N3O3/c1-12-19-16(11-18(22-12)21(26)27-2)15-10-14(8-9-17(15)24-19)23-20(25)13-6-4-3-5-7-13/h8-11,13,24H,3-7H2,1-2H3,(H,23,25). The molecule has 27 heavy (non-hydrogen) atoms. The number of hydrogen-bond acceptors (Lipinski definition) is 4. The van der Waals surface area contributed by atoms with Gasteiger partial charge in [0.05, 0.1) is 18.3 Å². The molecule has 6 nitrogen and oxygen atoms in total. The zero-order valence-corrected chi connectivity index (χ0v) is 15.6. The molecule has 1 amide bonds. The summed E-state index contributed by atoms with van der Waals surface area (Å²) in [5, 5.41) is 4.90. The highest BCUT2D eigenvalue weighted by molar-refractivity contribution is 6.11. The maximum atomic E-state index is 12.6. The second kappa shape index (κ2) is 7.02. The van der Waals surface area contributed by atoms with E-state index in [1.165, 1.54) is 13.5 Å². The summed E-state index contributed by atoms with van der Waals surface area (Å²) in [6.07, 6.45) is 5.41. The molecule has 1 aliphatic rings. The quantitative estimate of drug-likeness (QED) is 0.677. The highest BCUT2D eigenvalue weighted by atomic mass is 16.5. The summed E-state index contributed by atoms with van der Waals surface area (Å²) in [5.74, 6) is -0.257. The molecule has 6 heteroatoms. The minimum Gasteiger partial charge on any atom is -0.464 e. The van der Waals surface area contributed by atoms with Gasteiger partial charge >= 0.3 is 5.97 Å². The molecule has 2 aromatic heterocycles. The Bertz CT molecular complexity index is 1030. The molecule has 0 unspecified atom stereocenters. The lowest BCUT2D eigenvalue weighted by atomic mass is 9.88. The van der Waals surface area contributed by atoms with Gasteiger partial charge in [0.2, 0.25) is 5.91 Å². The first kappa shape index (κ1) is 17.5. The Morgan fingerprint density at radius 1 is 1.15 bits per heavy atom. The van der Waals surface area contributed by atoms with Crippen LogP contribution in [0, 0.1) is 12.8 Å². The summed E-state index contributed by atoms with van der Waals surface area (Å²) < 4.78 is 4.80. The second-order valence-corrected chi connectivity index (χ2v) is 7.22. The van der Waals surface area contributed by atoms with Crippen molar-refractivity contribution in [2.24, 2.45) is 5.92 Å². The molecule has 0 radical (unpaired) electrons. The van der Waals surface area contributed by atoms with E-state index in [2.05, 4.69) is 15.3 Å². The van der Waals surface area contributed by atoms with Crippen LogP contribution in [0.15, 0.2) is 24.3 Å². The maximum Gasteiger partial charge on any atom is 0.356 e. The average molecular weight is 365 g/mol. The van der Waals surface area contributed by atoms with E-state index in [0.29, 0.717) is 0 Å². The van der Waals surface area contributed by atoms with Crippen LogP contribution < -0.4 is 5.32 Å². The van der Waals surface area contributed by atoms with Crippen molar-refractivity contribution < 1.29 is 14.3 Å². The number of carbonyl (C=O) groups is 2. The molecular formula is C21H23N3O3. The first-order chi connectivity index (χ1) is 13.1. The van der Waals surface area contributed by atoms with Gasteiger partial charge in [-0.15, -0.1) is 0 Å². The Morgan fingerprint density at radius 3 is 2.67 bits per heavy atom. The molecule has 1 fully saturated rings. The number of carbonyl (C=O) groups excluding carboxylic acids is 2. The number of H-pyrrole nitrogens is 1. The lowest BCUT2D eigenvalue weighted by Crippen LogP contribution is -2.24. The van der Waals surface area contributed by atoms with Gasteiger partial charge in [-0.3, -0.25) is 4.79 Å². The third-order valence-electron chi connectivity index (χ3n) is 5.41. The molecule has 4 rings (SSSR count). The number of nitrogens with zero attached hydrogens (tertiary/aromatic N) is 1. The highest BCUT2D eigenvalue weighted by Crippen LogP contribution is 2.31. The van der Waals surface area contributed by atoms with E-state index in [-0.39, 0.29) is 17.5 Å². The minimum absolute atomic E-state index is 0.0991. The molecular weight excluding hydrogens is 342 g/mol. The van der Waals surface area contributed by atoms with Gasteiger partial charge in [0, 0.05) is 27.9 Å².